The van der Waals surface area contributed by atoms with E-state index in [-0.39, 0.29) is 17.8 Å². The molecule has 1 aromatic rings. The lowest BCUT2D eigenvalue weighted by molar-refractivity contribution is 0.0983. The highest BCUT2D eigenvalue weighted by atomic mass is 19.2. The van der Waals surface area contributed by atoms with Gasteiger partial charge >= 0.3 is 0 Å². The predicted molar refractivity (Wildman–Crippen MR) is 52.3 cm³/mol. The van der Waals surface area contributed by atoms with E-state index in [1.165, 1.54) is 12.1 Å². The first kappa shape index (κ1) is 12.8. The molecule has 0 aromatic heterocycles. The smallest absolute Gasteiger partial charge is 0.169 e. The second kappa shape index (κ2) is 6.24. The van der Waals surface area contributed by atoms with E-state index in [0.29, 0.717) is 0 Å². The zero-order valence-corrected chi connectivity index (χ0v) is 8.60. The first-order valence-electron chi connectivity index (χ1n) is 4.64. The van der Waals surface area contributed by atoms with E-state index >= 15 is 0 Å². The number of carbonyl (C=O) groups is 1. The summed E-state index contributed by atoms with van der Waals surface area (Å²) < 4.78 is 25.4. The molecule has 0 fully saturated rings. The fourth-order valence-electron chi connectivity index (χ4n) is 0.910. The molecule has 0 amide bonds. The SMILES string of the molecule is CC.CCC(=O)c1cccc(F)c1F. The molecule has 78 valence electrons. The third-order valence-electron chi connectivity index (χ3n) is 1.57. The molecule has 1 nitrogen and oxygen atoms in total. The van der Waals surface area contributed by atoms with Gasteiger partial charge in [-0.2, -0.15) is 0 Å². The Hall–Kier alpha value is -1.25. The minimum Gasteiger partial charge on any atom is -0.294 e. The van der Waals surface area contributed by atoms with Crippen LogP contribution in [0, 0.1) is 11.6 Å². The standard InChI is InChI=1S/C9H8F2O.C2H6/c1-2-8(12)6-4-3-5-7(10)9(6)11;1-2/h3-5H,2H2,1H3;1-2H3. The van der Waals surface area contributed by atoms with Crippen molar-refractivity contribution in [1.82, 2.24) is 0 Å². The van der Waals surface area contributed by atoms with E-state index in [2.05, 4.69) is 0 Å². The van der Waals surface area contributed by atoms with Crippen LogP contribution in [0.4, 0.5) is 8.78 Å². The number of hydrogen-bond acceptors (Lipinski definition) is 1. The Morgan fingerprint density at radius 2 is 1.86 bits per heavy atom. The monoisotopic (exact) mass is 200 g/mol. The van der Waals surface area contributed by atoms with Gasteiger partial charge in [-0.1, -0.05) is 26.8 Å². The van der Waals surface area contributed by atoms with Crippen molar-refractivity contribution < 1.29 is 13.6 Å². The van der Waals surface area contributed by atoms with Crippen molar-refractivity contribution >= 4 is 5.78 Å². The molecule has 0 unspecified atom stereocenters. The van der Waals surface area contributed by atoms with Crippen LogP contribution in [-0.4, -0.2) is 5.78 Å². The molecular weight excluding hydrogens is 186 g/mol. The normalized spacial score (nSPS) is 8.93. The van der Waals surface area contributed by atoms with Gasteiger partial charge in [0, 0.05) is 6.42 Å². The summed E-state index contributed by atoms with van der Waals surface area (Å²) in [5.74, 6) is -2.41. The summed E-state index contributed by atoms with van der Waals surface area (Å²) in [5.41, 5.74) is -0.169. The molecule has 0 aliphatic rings. The summed E-state index contributed by atoms with van der Waals surface area (Å²) in [6.07, 6.45) is 0.181. The van der Waals surface area contributed by atoms with Gasteiger partial charge in [0.25, 0.3) is 0 Å². The summed E-state index contributed by atoms with van der Waals surface area (Å²) in [6.45, 7) is 5.60. The highest BCUT2D eigenvalue weighted by molar-refractivity contribution is 5.96. The molecule has 0 bridgehead atoms. The van der Waals surface area contributed by atoms with Crippen LogP contribution in [0.5, 0.6) is 0 Å². The van der Waals surface area contributed by atoms with Crippen LogP contribution in [0.3, 0.4) is 0 Å². The lowest BCUT2D eigenvalue weighted by atomic mass is 10.1. The van der Waals surface area contributed by atoms with Crippen LogP contribution in [0.2, 0.25) is 0 Å². The largest absolute Gasteiger partial charge is 0.294 e. The van der Waals surface area contributed by atoms with E-state index in [1.54, 1.807) is 6.92 Å². The quantitative estimate of drug-likeness (QED) is 0.667. The van der Waals surface area contributed by atoms with Gasteiger partial charge in [0.2, 0.25) is 0 Å². The minimum absolute atomic E-state index is 0.169. The van der Waals surface area contributed by atoms with Crippen molar-refractivity contribution in [2.75, 3.05) is 0 Å². The number of hydrogen-bond donors (Lipinski definition) is 0. The predicted octanol–water partition coefficient (Wildman–Crippen LogP) is 3.58. The Labute approximate surface area is 82.8 Å². The molecule has 0 saturated carbocycles. The topological polar surface area (TPSA) is 17.1 Å². The Balaban J connectivity index is 0.000000791. The lowest BCUT2D eigenvalue weighted by Gasteiger charge is -1.99. The van der Waals surface area contributed by atoms with Crippen molar-refractivity contribution in [2.45, 2.75) is 27.2 Å². The van der Waals surface area contributed by atoms with Crippen LogP contribution in [-0.2, 0) is 0 Å². The van der Waals surface area contributed by atoms with Gasteiger partial charge in [0.15, 0.2) is 17.4 Å². The Bertz CT molecular complexity index is 308. The molecule has 0 heterocycles. The first-order valence-corrected chi connectivity index (χ1v) is 4.64. The maximum Gasteiger partial charge on any atom is 0.169 e. The lowest BCUT2D eigenvalue weighted by Crippen LogP contribution is -2.01. The number of ketones is 1. The molecule has 0 radical (unpaired) electrons. The fraction of sp³-hybridized carbons (Fsp3) is 0.364. The van der Waals surface area contributed by atoms with E-state index in [1.807, 2.05) is 13.8 Å². The number of halogens is 2. The van der Waals surface area contributed by atoms with E-state index in [0.717, 1.165) is 6.07 Å². The van der Waals surface area contributed by atoms with Crippen LogP contribution in [0.15, 0.2) is 18.2 Å². The van der Waals surface area contributed by atoms with Gasteiger partial charge in [0.05, 0.1) is 5.56 Å². The minimum atomic E-state index is -1.05. The molecule has 0 aliphatic carbocycles. The molecule has 1 rings (SSSR count). The number of carbonyl (C=O) groups excluding carboxylic acids is 1. The van der Waals surface area contributed by atoms with Crippen molar-refractivity contribution in [2.24, 2.45) is 0 Å². The van der Waals surface area contributed by atoms with Gasteiger partial charge in [-0.05, 0) is 12.1 Å². The summed E-state index contributed by atoms with van der Waals surface area (Å²) in [4.78, 5) is 11.0. The Morgan fingerprint density at radius 1 is 1.29 bits per heavy atom. The maximum absolute atomic E-state index is 12.8. The number of rotatable bonds is 2. The number of Topliss-reactive ketones (excluding diaryl/α,β-unsaturated/α-hetero) is 1. The zero-order chi connectivity index (χ0) is 11.1. The molecule has 0 saturated heterocycles. The second-order valence-corrected chi connectivity index (χ2v) is 2.38. The van der Waals surface area contributed by atoms with E-state index in [4.69, 9.17) is 0 Å². The first-order chi connectivity index (χ1) is 6.66. The average molecular weight is 200 g/mol. The third kappa shape index (κ3) is 2.91. The van der Waals surface area contributed by atoms with Crippen molar-refractivity contribution in [3.05, 3.63) is 35.4 Å². The highest BCUT2D eigenvalue weighted by Crippen LogP contribution is 2.12. The van der Waals surface area contributed by atoms with Crippen LogP contribution < -0.4 is 0 Å². The van der Waals surface area contributed by atoms with Gasteiger partial charge in [0.1, 0.15) is 0 Å². The van der Waals surface area contributed by atoms with Crippen molar-refractivity contribution in [3.63, 3.8) is 0 Å². The summed E-state index contributed by atoms with van der Waals surface area (Å²) >= 11 is 0. The van der Waals surface area contributed by atoms with Crippen molar-refractivity contribution in [3.8, 4) is 0 Å². The maximum atomic E-state index is 12.8. The van der Waals surface area contributed by atoms with Crippen molar-refractivity contribution in [1.29, 1.82) is 0 Å². The summed E-state index contributed by atoms with van der Waals surface area (Å²) in [7, 11) is 0. The van der Waals surface area contributed by atoms with E-state index in [9.17, 15) is 13.6 Å². The Kier molecular flexibility index (Phi) is 5.68. The molecule has 3 heteroatoms. The van der Waals surface area contributed by atoms with Gasteiger partial charge in [-0.15, -0.1) is 0 Å². The van der Waals surface area contributed by atoms with Gasteiger partial charge < -0.3 is 0 Å². The van der Waals surface area contributed by atoms with E-state index < -0.39 is 11.6 Å². The molecular formula is C11H14F2O. The molecule has 0 N–H and O–H groups in total. The summed E-state index contributed by atoms with van der Waals surface area (Å²) in [6, 6.07) is 3.59. The third-order valence-corrected chi connectivity index (χ3v) is 1.57. The molecule has 0 atom stereocenters. The second-order valence-electron chi connectivity index (χ2n) is 2.38. The highest BCUT2D eigenvalue weighted by Gasteiger charge is 2.12. The number of benzene rings is 1. The van der Waals surface area contributed by atoms with Gasteiger partial charge in [-0.3, -0.25) is 4.79 Å². The zero-order valence-electron chi connectivity index (χ0n) is 8.60. The fourth-order valence-corrected chi connectivity index (χ4v) is 0.910. The average Bonchev–Trinajstić information content (AvgIpc) is 2.24. The Morgan fingerprint density at radius 3 is 2.36 bits per heavy atom. The van der Waals surface area contributed by atoms with Gasteiger partial charge in [-0.25, -0.2) is 8.78 Å². The van der Waals surface area contributed by atoms with Crippen LogP contribution >= 0.6 is 0 Å². The molecule has 1 aromatic carbocycles. The van der Waals surface area contributed by atoms with Crippen LogP contribution in [0.25, 0.3) is 0 Å². The molecule has 0 spiro atoms. The molecule has 14 heavy (non-hydrogen) atoms. The van der Waals surface area contributed by atoms with Crippen LogP contribution in [0.1, 0.15) is 37.6 Å². The molecule has 0 aliphatic heterocycles. The summed E-state index contributed by atoms with van der Waals surface area (Å²) in [5, 5.41) is 0.